The number of hydrogen-bond donors (Lipinski definition) is 1. The number of rotatable bonds is 4. The predicted octanol–water partition coefficient (Wildman–Crippen LogP) is 0.555. The zero-order valence-corrected chi connectivity index (χ0v) is 9.33. The van der Waals surface area contributed by atoms with E-state index in [4.69, 9.17) is 0 Å². The summed E-state index contributed by atoms with van der Waals surface area (Å²) in [6.45, 7) is 4.81. The van der Waals surface area contributed by atoms with E-state index in [9.17, 15) is 0 Å². The molecule has 0 unspecified atom stereocenters. The fourth-order valence-corrected chi connectivity index (χ4v) is 1.30. The van der Waals surface area contributed by atoms with E-state index in [-0.39, 0.29) is 0 Å². The smallest absolute Gasteiger partial charge is 0.170 e. The summed E-state index contributed by atoms with van der Waals surface area (Å²) in [5.74, 6) is 0.792. The van der Waals surface area contributed by atoms with Crippen LogP contribution in [0.2, 0.25) is 0 Å². The summed E-state index contributed by atoms with van der Waals surface area (Å²) in [5.41, 5.74) is 0.917. The van der Waals surface area contributed by atoms with Crippen molar-refractivity contribution in [2.45, 2.75) is 26.4 Å². The van der Waals surface area contributed by atoms with Gasteiger partial charge in [0.1, 0.15) is 0 Å². The van der Waals surface area contributed by atoms with Gasteiger partial charge in [-0.3, -0.25) is 4.98 Å². The van der Waals surface area contributed by atoms with Gasteiger partial charge in [0.2, 0.25) is 0 Å². The highest BCUT2D eigenvalue weighted by molar-refractivity contribution is 5.27. The van der Waals surface area contributed by atoms with Gasteiger partial charge in [0.05, 0.1) is 12.2 Å². The molecule has 0 aliphatic rings. The Balaban J connectivity index is 2.19. The Morgan fingerprint density at radius 2 is 2.06 bits per heavy atom. The van der Waals surface area contributed by atoms with Gasteiger partial charge < -0.3 is 5.32 Å². The van der Waals surface area contributed by atoms with Crippen LogP contribution in [0, 0.1) is 0 Å². The van der Waals surface area contributed by atoms with Crippen molar-refractivity contribution in [2.75, 3.05) is 0 Å². The molecule has 0 atom stereocenters. The van der Waals surface area contributed by atoms with Crippen LogP contribution in [0.4, 0.5) is 0 Å². The van der Waals surface area contributed by atoms with Crippen LogP contribution in [0.3, 0.4) is 0 Å². The maximum absolute atomic E-state index is 3.98. The molecule has 0 saturated carbocycles. The normalized spacial score (nSPS) is 10.9. The molecule has 2 aromatic heterocycles. The maximum atomic E-state index is 3.98. The SMILES string of the molecule is CC(C)NCc1nnnn1-c1ccncc1. The van der Waals surface area contributed by atoms with E-state index in [0.717, 1.165) is 11.5 Å². The van der Waals surface area contributed by atoms with Crippen LogP contribution in [0.15, 0.2) is 24.5 Å². The van der Waals surface area contributed by atoms with Crippen molar-refractivity contribution in [1.82, 2.24) is 30.5 Å². The lowest BCUT2D eigenvalue weighted by Gasteiger charge is -2.07. The number of hydrogen-bond acceptors (Lipinski definition) is 5. The Hall–Kier alpha value is -1.82. The molecule has 2 aromatic rings. The second-order valence-electron chi connectivity index (χ2n) is 3.75. The minimum absolute atomic E-state index is 0.405. The Kier molecular flexibility index (Phi) is 3.21. The molecule has 0 spiro atoms. The van der Waals surface area contributed by atoms with Crippen LogP contribution in [0.1, 0.15) is 19.7 Å². The molecule has 0 aromatic carbocycles. The summed E-state index contributed by atoms with van der Waals surface area (Å²) in [6, 6.07) is 4.15. The summed E-state index contributed by atoms with van der Waals surface area (Å²) < 4.78 is 1.71. The van der Waals surface area contributed by atoms with Crippen LogP contribution in [0.25, 0.3) is 5.69 Å². The van der Waals surface area contributed by atoms with Gasteiger partial charge in [-0.2, -0.15) is 4.68 Å². The molecule has 0 radical (unpaired) electrons. The lowest BCUT2D eigenvalue weighted by molar-refractivity contribution is 0.563. The first-order valence-electron chi connectivity index (χ1n) is 5.18. The number of nitrogens with one attached hydrogen (secondary N) is 1. The fraction of sp³-hybridized carbons (Fsp3) is 0.400. The molecule has 0 aliphatic heterocycles. The molecule has 84 valence electrons. The van der Waals surface area contributed by atoms with Crippen molar-refractivity contribution in [3.63, 3.8) is 0 Å². The van der Waals surface area contributed by atoms with Crippen molar-refractivity contribution in [2.24, 2.45) is 0 Å². The van der Waals surface area contributed by atoms with Crippen LogP contribution in [-0.4, -0.2) is 31.2 Å². The molecule has 2 rings (SSSR count). The second kappa shape index (κ2) is 4.80. The topological polar surface area (TPSA) is 68.5 Å². The van der Waals surface area contributed by atoms with E-state index >= 15 is 0 Å². The number of aromatic nitrogens is 5. The zero-order valence-electron chi connectivity index (χ0n) is 9.33. The van der Waals surface area contributed by atoms with Gasteiger partial charge in [0.25, 0.3) is 0 Å². The summed E-state index contributed by atoms with van der Waals surface area (Å²) in [7, 11) is 0. The molecule has 6 heteroatoms. The Morgan fingerprint density at radius 3 is 2.75 bits per heavy atom. The third kappa shape index (κ3) is 2.40. The minimum atomic E-state index is 0.405. The number of tetrazole rings is 1. The van der Waals surface area contributed by atoms with Crippen LogP contribution in [0.5, 0.6) is 0 Å². The van der Waals surface area contributed by atoms with Crippen molar-refractivity contribution in [1.29, 1.82) is 0 Å². The van der Waals surface area contributed by atoms with E-state index in [1.165, 1.54) is 0 Å². The third-order valence-corrected chi connectivity index (χ3v) is 2.11. The zero-order chi connectivity index (χ0) is 11.4. The molecule has 0 saturated heterocycles. The first-order valence-corrected chi connectivity index (χ1v) is 5.18. The molecule has 0 bridgehead atoms. The van der Waals surface area contributed by atoms with E-state index in [0.29, 0.717) is 12.6 Å². The van der Waals surface area contributed by atoms with Gasteiger partial charge >= 0.3 is 0 Å². The molecule has 0 amide bonds. The maximum Gasteiger partial charge on any atom is 0.170 e. The Labute approximate surface area is 93.7 Å². The van der Waals surface area contributed by atoms with Crippen molar-refractivity contribution >= 4 is 0 Å². The average Bonchev–Trinajstić information content (AvgIpc) is 2.75. The van der Waals surface area contributed by atoms with Crippen LogP contribution < -0.4 is 5.32 Å². The molecule has 1 N–H and O–H groups in total. The second-order valence-corrected chi connectivity index (χ2v) is 3.75. The highest BCUT2D eigenvalue weighted by Gasteiger charge is 2.07. The molecule has 0 fully saturated rings. The Morgan fingerprint density at radius 1 is 1.31 bits per heavy atom. The Bertz CT molecular complexity index is 436. The average molecular weight is 218 g/mol. The van der Waals surface area contributed by atoms with Gasteiger partial charge in [-0.25, -0.2) is 0 Å². The lowest BCUT2D eigenvalue weighted by atomic mass is 10.4. The third-order valence-electron chi connectivity index (χ3n) is 2.11. The summed E-state index contributed by atoms with van der Waals surface area (Å²) in [4.78, 5) is 3.96. The minimum Gasteiger partial charge on any atom is -0.308 e. The van der Waals surface area contributed by atoms with Gasteiger partial charge in [-0.1, -0.05) is 13.8 Å². The number of nitrogens with zero attached hydrogens (tertiary/aromatic N) is 5. The van der Waals surface area contributed by atoms with Crippen LogP contribution >= 0.6 is 0 Å². The fourth-order valence-electron chi connectivity index (χ4n) is 1.30. The van der Waals surface area contributed by atoms with Gasteiger partial charge in [0.15, 0.2) is 5.82 Å². The van der Waals surface area contributed by atoms with Crippen molar-refractivity contribution in [3.8, 4) is 5.69 Å². The molecular formula is C10H14N6. The molecular weight excluding hydrogens is 204 g/mol. The van der Waals surface area contributed by atoms with E-state index in [1.54, 1.807) is 17.1 Å². The monoisotopic (exact) mass is 218 g/mol. The first kappa shape index (κ1) is 10.7. The highest BCUT2D eigenvalue weighted by atomic mass is 15.5. The largest absolute Gasteiger partial charge is 0.308 e. The molecule has 0 aliphatic carbocycles. The summed E-state index contributed by atoms with van der Waals surface area (Å²) in [5, 5.41) is 14.9. The summed E-state index contributed by atoms with van der Waals surface area (Å²) >= 11 is 0. The molecule has 16 heavy (non-hydrogen) atoms. The van der Waals surface area contributed by atoms with Crippen molar-refractivity contribution < 1.29 is 0 Å². The van der Waals surface area contributed by atoms with E-state index < -0.39 is 0 Å². The quantitative estimate of drug-likeness (QED) is 0.811. The van der Waals surface area contributed by atoms with Crippen LogP contribution in [-0.2, 0) is 6.54 Å². The predicted molar refractivity (Wildman–Crippen MR) is 58.9 cm³/mol. The van der Waals surface area contributed by atoms with Crippen molar-refractivity contribution in [3.05, 3.63) is 30.4 Å². The standard InChI is InChI=1S/C10H14N6/c1-8(2)12-7-10-13-14-15-16(10)9-3-5-11-6-4-9/h3-6,8,12H,7H2,1-2H3. The highest BCUT2D eigenvalue weighted by Crippen LogP contribution is 2.05. The van der Waals surface area contributed by atoms with E-state index in [1.807, 2.05) is 12.1 Å². The van der Waals surface area contributed by atoms with Gasteiger partial charge in [0, 0.05) is 18.4 Å². The number of pyridine rings is 1. The molecule has 6 nitrogen and oxygen atoms in total. The molecule has 2 heterocycles. The van der Waals surface area contributed by atoms with E-state index in [2.05, 4.69) is 39.7 Å². The van der Waals surface area contributed by atoms with Gasteiger partial charge in [-0.15, -0.1) is 5.10 Å². The first-order chi connectivity index (χ1) is 7.77. The summed E-state index contributed by atoms with van der Waals surface area (Å²) in [6.07, 6.45) is 3.44. The lowest BCUT2D eigenvalue weighted by Crippen LogP contribution is -2.24. The van der Waals surface area contributed by atoms with Gasteiger partial charge in [-0.05, 0) is 22.6 Å².